The lowest BCUT2D eigenvalue weighted by molar-refractivity contribution is 0.0566. The fourth-order valence-corrected chi connectivity index (χ4v) is 2.84. The molecule has 0 saturated heterocycles. The third-order valence-corrected chi connectivity index (χ3v) is 4.98. The molecule has 0 unspecified atom stereocenters. The van der Waals surface area contributed by atoms with E-state index in [0.717, 1.165) is 12.1 Å². The van der Waals surface area contributed by atoms with Gasteiger partial charge < -0.3 is 9.05 Å². The molecule has 132 valence electrons. The molecule has 2 aromatic carbocycles. The summed E-state index contributed by atoms with van der Waals surface area (Å²) in [5.41, 5.74) is -0.316. The van der Waals surface area contributed by atoms with Crippen molar-refractivity contribution in [3.63, 3.8) is 0 Å². The van der Waals surface area contributed by atoms with E-state index in [0.29, 0.717) is 0 Å². The highest BCUT2D eigenvalue weighted by molar-refractivity contribution is 7.48. The standard InChI is InChI=1S/C14H7Cl4O6P/c15-9-3-1-7(5-11(9)17)13(19)23-25(21,22)24-14(20)8-2-4-10(16)12(18)6-8/h1-6H,(H,21,22). The molecular formula is C14H7Cl4O6P. The van der Waals surface area contributed by atoms with Gasteiger partial charge in [-0.2, -0.15) is 0 Å². The van der Waals surface area contributed by atoms with Gasteiger partial charge >= 0.3 is 19.8 Å². The molecule has 0 radical (unpaired) electrons. The Kier molecular flexibility index (Phi) is 6.38. The first-order chi connectivity index (χ1) is 11.6. The Balaban J connectivity index is 2.11. The van der Waals surface area contributed by atoms with Crippen molar-refractivity contribution in [2.75, 3.05) is 0 Å². The van der Waals surface area contributed by atoms with Gasteiger partial charge in [-0.1, -0.05) is 46.4 Å². The molecular weight excluding hydrogens is 437 g/mol. The zero-order chi connectivity index (χ0) is 18.8. The number of rotatable bonds is 4. The van der Waals surface area contributed by atoms with Crippen LogP contribution in [0.5, 0.6) is 0 Å². The molecule has 25 heavy (non-hydrogen) atoms. The molecule has 2 aromatic rings. The summed E-state index contributed by atoms with van der Waals surface area (Å²) in [6.07, 6.45) is 0. The molecule has 0 saturated carbocycles. The van der Waals surface area contributed by atoms with Gasteiger partial charge in [0, 0.05) is 0 Å². The van der Waals surface area contributed by atoms with E-state index < -0.39 is 19.8 Å². The normalized spacial score (nSPS) is 11.1. The Labute approximate surface area is 161 Å². The quantitative estimate of drug-likeness (QED) is 0.635. The monoisotopic (exact) mass is 442 g/mol. The average molecular weight is 444 g/mol. The smallest absolute Gasteiger partial charge is 0.357 e. The lowest BCUT2D eigenvalue weighted by Crippen LogP contribution is -2.09. The predicted molar refractivity (Wildman–Crippen MR) is 93.6 cm³/mol. The minimum atomic E-state index is -5.04. The van der Waals surface area contributed by atoms with Crippen molar-refractivity contribution in [1.29, 1.82) is 0 Å². The van der Waals surface area contributed by atoms with Crippen LogP contribution in [0.15, 0.2) is 36.4 Å². The summed E-state index contributed by atoms with van der Waals surface area (Å²) in [7, 11) is -5.04. The molecule has 2 rings (SSSR count). The highest BCUT2D eigenvalue weighted by atomic mass is 35.5. The second-order valence-electron chi connectivity index (χ2n) is 4.48. The predicted octanol–water partition coefficient (Wildman–Crippen LogP) is 5.41. The third kappa shape index (κ3) is 5.35. The molecule has 0 aromatic heterocycles. The first kappa shape index (κ1) is 20.0. The average Bonchev–Trinajstić information content (AvgIpc) is 2.51. The number of hydrogen-bond donors (Lipinski definition) is 1. The van der Waals surface area contributed by atoms with Crippen molar-refractivity contribution in [2.24, 2.45) is 0 Å². The van der Waals surface area contributed by atoms with Crippen LogP contribution in [0.25, 0.3) is 0 Å². The van der Waals surface area contributed by atoms with Crippen molar-refractivity contribution in [2.45, 2.75) is 0 Å². The summed E-state index contributed by atoms with van der Waals surface area (Å²) in [6.45, 7) is 0. The van der Waals surface area contributed by atoms with E-state index in [-0.39, 0.29) is 31.2 Å². The molecule has 0 amide bonds. The molecule has 0 aliphatic carbocycles. The van der Waals surface area contributed by atoms with Crippen LogP contribution in [-0.4, -0.2) is 16.8 Å². The SMILES string of the molecule is O=C(OP(=O)(O)OC(=O)c1ccc(Cl)c(Cl)c1)c1ccc(Cl)c(Cl)c1. The second kappa shape index (κ2) is 7.96. The third-order valence-electron chi connectivity index (χ3n) is 2.71. The fourth-order valence-electron chi connectivity index (χ4n) is 1.58. The van der Waals surface area contributed by atoms with Crippen LogP contribution >= 0.6 is 54.2 Å². The molecule has 11 heteroatoms. The molecule has 0 aliphatic heterocycles. The van der Waals surface area contributed by atoms with Crippen molar-refractivity contribution in [1.82, 2.24) is 0 Å². The van der Waals surface area contributed by atoms with E-state index in [1.165, 1.54) is 24.3 Å². The molecule has 0 bridgehead atoms. The Morgan fingerprint density at radius 1 is 0.760 bits per heavy atom. The van der Waals surface area contributed by atoms with E-state index in [9.17, 15) is 19.0 Å². The highest BCUT2D eigenvalue weighted by Gasteiger charge is 2.32. The Morgan fingerprint density at radius 2 is 1.12 bits per heavy atom. The van der Waals surface area contributed by atoms with Crippen molar-refractivity contribution in [3.05, 3.63) is 67.6 Å². The van der Waals surface area contributed by atoms with E-state index in [2.05, 4.69) is 9.05 Å². The van der Waals surface area contributed by atoms with E-state index in [1.807, 2.05) is 0 Å². The maximum Gasteiger partial charge on any atom is 0.589 e. The second-order valence-corrected chi connectivity index (χ2v) is 7.41. The van der Waals surface area contributed by atoms with Crippen LogP contribution in [0.1, 0.15) is 20.7 Å². The summed E-state index contributed by atoms with van der Waals surface area (Å²) in [6, 6.07) is 7.30. The zero-order valence-corrected chi connectivity index (χ0v) is 15.8. The summed E-state index contributed by atoms with van der Waals surface area (Å²) in [5, 5.41) is 0.432. The van der Waals surface area contributed by atoms with Gasteiger partial charge in [0.1, 0.15) is 0 Å². The van der Waals surface area contributed by atoms with Gasteiger partial charge in [0.25, 0.3) is 0 Å². The highest BCUT2D eigenvalue weighted by Crippen LogP contribution is 2.45. The van der Waals surface area contributed by atoms with E-state index in [1.54, 1.807) is 0 Å². The van der Waals surface area contributed by atoms with Crippen LogP contribution < -0.4 is 0 Å². The Bertz CT molecular complexity index is 831. The van der Waals surface area contributed by atoms with Gasteiger partial charge in [-0.05, 0) is 36.4 Å². The first-order valence-corrected chi connectivity index (χ1v) is 9.30. The summed E-state index contributed by atoms with van der Waals surface area (Å²) < 4.78 is 20.5. The van der Waals surface area contributed by atoms with E-state index in [4.69, 9.17) is 46.4 Å². The number of phosphoric acid groups is 1. The van der Waals surface area contributed by atoms with Gasteiger partial charge in [0.15, 0.2) is 0 Å². The van der Waals surface area contributed by atoms with Gasteiger partial charge in [-0.3, -0.25) is 4.89 Å². The minimum Gasteiger partial charge on any atom is -0.357 e. The van der Waals surface area contributed by atoms with Gasteiger partial charge in [-0.15, -0.1) is 0 Å². The largest absolute Gasteiger partial charge is 0.589 e. The van der Waals surface area contributed by atoms with Crippen LogP contribution in [0.4, 0.5) is 0 Å². The van der Waals surface area contributed by atoms with Crippen LogP contribution in [0, 0.1) is 0 Å². The molecule has 0 heterocycles. The summed E-state index contributed by atoms with van der Waals surface area (Å²) >= 11 is 22.9. The molecule has 6 nitrogen and oxygen atoms in total. The lowest BCUT2D eigenvalue weighted by Gasteiger charge is -2.12. The number of carbonyl (C=O) groups is 2. The number of hydrogen-bond acceptors (Lipinski definition) is 5. The topological polar surface area (TPSA) is 89.9 Å². The Morgan fingerprint density at radius 3 is 1.44 bits per heavy atom. The van der Waals surface area contributed by atoms with Crippen LogP contribution in [-0.2, 0) is 13.6 Å². The van der Waals surface area contributed by atoms with Gasteiger partial charge in [-0.25, -0.2) is 14.2 Å². The molecule has 0 fully saturated rings. The fraction of sp³-hybridized carbons (Fsp3) is 0. The molecule has 0 spiro atoms. The minimum absolute atomic E-state index is 0.0386. The van der Waals surface area contributed by atoms with Crippen LogP contribution in [0.3, 0.4) is 0 Å². The maximum atomic E-state index is 11.9. The maximum absolute atomic E-state index is 11.9. The summed E-state index contributed by atoms with van der Waals surface area (Å²) in [4.78, 5) is 33.3. The van der Waals surface area contributed by atoms with Gasteiger partial charge in [0.2, 0.25) is 0 Å². The first-order valence-electron chi connectivity index (χ1n) is 6.30. The summed E-state index contributed by atoms with van der Waals surface area (Å²) in [5.74, 6) is -2.46. The number of halogens is 4. The molecule has 1 N–H and O–H groups in total. The number of carbonyl (C=O) groups excluding carboxylic acids is 2. The van der Waals surface area contributed by atoms with Crippen molar-refractivity contribution >= 4 is 66.2 Å². The van der Waals surface area contributed by atoms with Crippen LogP contribution in [0.2, 0.25) is 20.1 Å². The van der Waals surface area contributed by atoms with E-state index >= 15 is 0 Å². The Hall–Kier alpha value is -1.27. The zero-order valence-electron chi connectivity index (χ0n) is 11.9. The van der Waals surface area contributed by atoms with Crippen molar-refractivity contribution in [3.8, 4) is 0 Å². The molecule has 0 atom stereocenters. The number of benzene rings is 2. The number of phosphoric ester groups is 1. The van der Waals surface area contributed by atoms with Gasteiger partial charge in [0.05, 0.1) is 31.2 Å². The van der Waals surface area contributed by atoms with Crippen molar-refractivity contribution < 1.29 is 28.1 Å². The molecule has 0 aliphatic rings. The lowest BCUT2D eigenvalue weighted by atomic mass is 10.2.